The van der Waals surface area contributed by atoms with Crippen LogP contribution in [0.15, 0.2) is 48.6 Å². The summed E-state index contributed by atoms with van der Waals surface area (Å²) >= 11 is 1.57. The molecule has 2 fully saturated rings. The highest BCUT2D eigenvalue weighted by Gasteiger charge is 2.74. The highest BCUT2D eigenvalue weighted by Crippen LogP contribution is 2.65. The van der Waals surface area contributed by atoms with Crippen molar-refractivity contribution in [1.29, 1.82) is 0 Å². The number of hydrogen-bond donors (Lipinski definition) is 1. The lowest BCUT2D eigenvalue weighted by Crippen LogP contribution is -2.56. The van der Waals surface area contributed by atoms with Crippen LogP contribution in [-0.4, -0.2) is 94.0 Å². The molecule has 4 aliphatic heterocycles. The van der Waals surface area contributed by atoms with Crippen LogP contribution in [0.3, 0.4) is 0 Å². The van der Waals surface area contributed by atoms with Gasteiger partial charge in [0.1, 0.15) is 6.04 Å². The molecular weight excluding hydrogens is 512 g/mol. The lowest BCUT2D eigenvalue weighted by atomic mass is 9.74. The van der Waals surface area contributed by atoms with Crippen molar-refractivity contribution in [3.8, 4) is 0 Å². The summed E-state index contributed by atoms with van der Waals surface area (Å²) in [5.74, 6) is -1.75. The number of anilines is 2. The van der Waals surface area contributed by atoms with Crippen molar-refractivity contribution in [2.24, 2.45) is 11.8 Å². The first kappa shape index (κ1) is 27.8. The van der Waals surface area contributed by atoms with Gasteiger partial charge in [0.05, 0.1) is 29.2 Å². The number of likely N-dealkylation sites (tertiary alicyclic amines) is 1. The lowest BCUT2D eigenvalue weighted by molar-refractivity contribution is -0.144. The average Bonchev–Trinajstić information content (AvgIpc) is 3.21. The fraction of sp³-hybridized carbons (Fsp3) is 0.567. The second-order valence-corrected chi connectivity index (χ2v) is 12.9. The number of benzene rings is 1. The fourth-order valence-electron chi connectivity index (χ4n) is 7.05. The van der Waals surface area contributed by atoms with Crippen molar-refractivity contribution in [2.45, 2.75) is 55.7 Å². The van der Waals surface area contributed by atoms with Crippen LogP contribution in [0.4, 0.5) is 11.4 Å². The van der Waals surface area contributed by atoms with Gasteiger partial charge in [0.25, 0.3) is 5.91 Å². The molecule has 0 saturated carbocycles. The number of carbonyl (C=O) groups excluding carboxylic acids is 3. The molecule has 0 radical (unpaired) electrons. The van der Waals surface area contributed by atoms with Crippen molar-refractivity contribution >= 4 is 40.9 Å². The van der Waals surface area contributed by atoms with Crippen molar-refractivity contribution < 1.29 is 19.5 Å². The van der Waals surface area contributed by atoms with Gasteiger partial charge in [0, 0.05) is 49.3 Å². The monoisotopic (exact) mass is 552 g/mol. The van der Waals surface area contributed by atoms with E-state index in [-0.39, 0.29) is 24.3 Å². The molecular formula is C30H40N4O4S. The summed E-state index contributed by atoms with van der Waals surface area (Å²) < 4.78 is -1.54. The molecule has 3 amide bonds. The highest BCUT2D eigenvalue weighted by molar-refractivity contribution is 8.02. The molecule has 0 bridgehead atoms. The van der Waals surface area contributed by atoms with Crippen LogP contribution < -0.4 is 9.80 Å². The molecule has 1 aromatic carbocycles. The van der Waals surface area contributed by atoms with Crippen LogP contribution in [0.2, 0.25) is 0 Å². The predicted molar refractivity (Wildman–Crippen MR) is 156 cm³/mol. The topological polar surface area (TPSA) is 84.4 Å². The molecule has 4 heterocycles. The third-order valence-corrected chi connectivity index (χ3v) is 10.9. The summed E-state index contributed by atoms with van der Waals surface area (Å²) in [5.41, 5.74) is 1.86. The van der Waals surface area contributed by atoms with Gasteiger partial charge < -0.3 is 24.7 Å². The normalized spacial score (nSPS) is 32.6. The van der Waals surface area contributed by atoms with Gasteiger partial charge in [-0.1, -0.05) is 31.2 Å². The standard InChI is InChI=1S/C30H40N4O4S/c1-6-20(19-35)34-25-28(38)33(22-13-11-21(12-14-22)32(7-2)8-3)18-10-16-30(25)24(27(34)37)23-26(36)31(5)17-9-15-29(23,4)39-30/h9-16,20,23-25,35H,6-8,17-19H2,1-5H3/t20-,23+,24-,25?,29-,30-/m0/s1. The Labute approximate surface area is 235 Å². The Bertz CT molecular complexity index is 1190. The largest absolute Gasteiger partial charge is 0.394 e. The van der Waals surface area contributed by atoms with Crippen LogP contribution in [0.5, 0.6) is 0 Å². The van der Waals surface area contributed by atoms with Gasteiger partial charge >= 0.3 is 0 Å². The average molecular weight is 553 g/mol. The molecule has 8 nitrogen and oxygen atoms in total. The lowest BCUT2D eigenvalue weighted by Gasteiger charge is -2.39. The fourth-order valence-corrected chi connectivity index (χ4v) is 9.20. The van der Waals surface area contributed by atoms with Crippen molar-refractivity contribution in [1.82, 2.24) is 9.80 Å². The Balaban J connectivity index is 1.61. The summed E-state index contributed by atoms with van der Waals surface area (Å²) in [6, 6.07) is 6.67. The number of thioether (sulfide) groups is 1. The zero-order chi connectivity index (χ0) is 28.1. The molecule has 1 aromatic rings. The number of likely N-dealkylation sites (N-methyl/N-ethyl adjacent to an activating group) is 1. The second kappa shape index (κ2) is 10.3. The van der Waals surface area contributed by atoms with E-state index in [0.29, 0.717) is 19.5 Å². The number of rotatable bonds is 7. The van der Waals surface area contributed by atoms with Gasteiger partial charge in [-0.05, 0) is 51.5 Å². The van der Waals surface area contributed by atoms with Crippen LogP contribution >= 0.6 is 11.8 Å². The molecule has 4 aliphatic rings. The minimum Gasteiger partial charge on any atom is -0.394 e. The molecule has 6 atom stereocenters. The quantitative estimate of drug-likeness (QED) is 0.524. The molecule has 0 aromatic heterocycles. The maximum absolute atomic E-state index is 14.6. The summed E-state index contributed by atoms with van der Waals surface area (Å²) in [5, 5.41) is 10.3. The zero-order valence-corrected chi connectivity index (χ0v) is 24.4. The van der Waals surface area contributed by atoms with E-state index < -0.39 is 33.4 Å². The van der Waals surface area contributed by atoms with E-state index in [0.717, 1.165) is 24.5 Å². The van der Waals surface area contributed by atoms with Gasteiger partial charge in [-0.3, -0.25) is 14.4 Å². The number of aliphatic hydroxyl groups is 1. The van der Waals surface area contributed by atoms with E-state index in [2.05, 4.69) is 24.8 Å². The predicted octanol–water partition coefficient (Wildman–Crippen LogP) is 2.92. The summed E-state index contributed by atoms with van der Waals surface area (Å²) in [6.45, 7) is 10.6. The molecule has 9 heteroatoms. The van der Waals surface area contributed by atoms with E-state index in [1.165, 1.54) is 0 Å². The van der Waals surface area contributed by atoms with Crippen LogP contribution in [0.25, 0.3) is 0 Å². The Hall–Kier alpha value is -2.78. The van der Waals surface area contributed by atoms with Gasteiger partial charge in [-0.15, -0.1) is 11.8 Å². The number of carbonyl (C=O) groups is 3. The van der Waals surface area contributed by atoms with Gasteiger partial charge in [0.2, 0.25) is 11.8 Å². The van der Waals surface area contributed by atoms with Crippen molar-refractivity contribution in [3.63, 3.8) is 0 Å². The van der Waals surface area contributed by atoms with Crippen LogP contribution in [0.1, 0.15) is 34.1 Å². The number of hydrogen-bond acceptors (Lipinski definition) is 6. The number of fused-ring (bicyclic) bond motifs is 2. The Kier molecular flexibility index (Phi) is 7.35. The third-order valence-electron chi connectivity index (χ3n) is 9.06. The number of amides is 3. The van der Waals surface area contributed by atoms with E-state index in [1.54, 1.807) is 33.5 Å². The first-order valence-electron chi connectivity index (χ1n) is 14.1. The van der Waals surface area contributed by atoms with Crippen LogP contribution in [0, 0.1) is 11.8 Å². The SMILES string of the molecule is CC[C@@H](CO)N1C(=O)[C@@H]2[C@@H]3C(=O)N(C)CC=C[C@]3(C)S[C@@]23C=CCN(c2ccc(N(CC)CC)cc2)C(=O)C13. The zero-order valence-electron chi connectivity index (χ0n) is 23.5. The van der Waals surface area contributed by atoms with Crippen molar-refractivity contribution in [2.75, 3.05) is 49.6 Å². The summed E-state index contributed by atoms with van der Waals surface area (Å²) in [7, 11) is 1.77. The van der Waals surface area contributed by atoms with Gasteiger partial charge in [-0.2, -0.15) is 0 Å². The van der Waals surface area contributed by atoms with E-state index in [4.69, 9.17) is 0 Å². The van der Waals surface area contributed by atoms with Crippen LogP contribution in [-0.2, 0) is 14.4 Å². The molecule has 1 unspecified atom stereocenters. The molecule has 1 N–H and O–H groups in total. The number of aliphatic hydroxyl groups excluding tert-OH is 1. The molecule has 5 rings (SSSR count). The van der Waals surface area contributed by atoms with Gasteiger partial charge in [0.15, 0.2) is 0 Å². The molecule has 0 aliphatic carbocycles. The second-order valence-electron chi connectivity index (χ2n) is 11.1. The summed E-state index contributed by atoms with van der Waals surface area (Å²) in [6.07, 6.45) is 8.57. The van der Waals surface area contributed by atoms with E-state index in [1.807, 2.05) is 56.3 Å². The maximum atomic E-state index is 14.6. The third kappa shape index (κ3) is 4.11. The van der Waals surface area contributed by atoms with E-state index >= 15 is 0 Å². The summed E-state index contributed by atoms with van der Waals surface area (Å²) in [4.78, 5) is 50.0. The van der Waals surface area contributed by atoms with Crippen molar-refractivity contribution in [3.05, 3.63) is 48.6 Å². The number of nitrogens with zero attached hydrogens (tertiary/aromatic N) is 4. The van der Waals surface area contributed by atoms with E-state index in [9.17, 15) is 19.5 Å². The van der Waals surface area contributed by atoms with Gasteiger partial charge in [-0.25, -0.2) is 0 Å². The minimum atomic E-state index is -0.912. The Morgan fingerprint density at radius 3 is 2.26 bits per heavy atom. The smallest absolute Gasteiger partial charge is 0.251 e. The molecule has 39 heavy (non-hydrogen) atoms. The highest BCUT2D eigenvalue weighted by atomic mass is 32.2. The Morgan fingerprint density at radius 1 is 0.974 bits per heavy atom. The first-order chi connectivity index (χ1) is 18.7. The maximum Gasteiger partial charge on any atom is 0.251 e. The molecule has 2 saturated heterocycles. The Morgan fingerprint density at radius 2 is 1.64 bits per heavy atom. The first-order valence-corrected chi connectivity index (χ1v) is 14.9. The minimum absolute atomic E-state index is 0.0724. The molecule has 1 spiro atoms. The molecule has 210 valence electrons.